The third kappa shape index (κ3) is 1.90. The van der Waals surface area contributed by atoms with Crippen LogP contribution in [0.2, 0.25) is 0 Å². The van der Waals surface area contributed by atoms with E-state index in [4.69, 9.17) is 10.6 Å². The summed E-state index contributed by atoms with van der Waals surface area (Å²) >= 11 is 0. The Bertz CT molecular complexity index is 503. The number of hydrazine groups is 1. The number of rotatable bonds is 4. The van der Waals surface area contributed by atoms with Gasteiger partial charge in [0.25, 0.3) is 0 Å². The van der Waals surface area contributed by atoms with Gasteiger partial charge in [-0.25, -0.2) is 10.4 Å². The highest BCUT2D eigenvalue weighted by Gasteiger charge is 2.23. The van der Waals surface area contributed by atoms with E-state index in [1.807, 2.05) is 18.7 Å². The molecule has 2 heterocycles. The number of hydrogen-bond donors (Lipinski definition) is 2. The van der Waals surface area contributed by atoms with Crippen LogP contribution in [0.4, 0.5) is 0 Å². The van der Waals surface area contributed by atoms with E-state index in [1.54, 1.807) is 30.5 Å². The van der Waals surface area contributed by atoms with Gasteiger partial charge >= 0.3 is 0 Å². The van der Waals surface area contributed by atoms with Gasteiger partial charge in [-0.05, 0) is 0 Å². The molecular formula is C10H16N6O. The fourth-order valence-electron chi connectivity index (χ4n) is 1.86. The van der Waals surface area contributed by atoms with E-state index in [0.717, 1.165) is 11.4 Å². The lowest BCUT2D eigenvalue weighted by molar-refractivity contribution is 0.399. The maximum Gasteiger partial charge on any atom is 0.162 e. The Morgan fingerprint density at radius 1 is 1.41 bits per heavy atom. The zero-order valence-electron chi connectivity index (χ0n) is 10.1. The van der Waals surface area contributed by atoms with Crippen molar-refractivity contribution >= 4 is 0 Å². The minimum absolute atomic E-state index is 0.218. The number of aryl methyl sites for hydroxylation is 2. The molecule has 0 saturated heterocycles. The molecule has 0 aliphatic carbocycles. The first-order valence-corrected chi connectivity index (χ1v) is 5.17. The summed E-state index contributed by atoms with van der Waals surface area (Å²) in [4.78, 5) is 4.08. The van der Waals surface area contributed by atoms with Crippen LogP contribution in [0.15, 0.2) is 18.7 Å². The molecule has 17 heavy (non-hydrogen) atoms. The molecule has 0 fully saturated rings. The summed E-state index contributed by atoms with van der Waals surface area (Å²) in [5.74, 6) is 6.32. The summed E-state index contributed by atoms with van der Waals surface area (Å²) < 4.78 is 8.91. The lowest BCUT2D eigenvalue weighted by Gasteiger charge is -2.17. The summed E-state index contributed by atoms with van der Waals surface area (Å²) in [7, 11) is 5.37. The molecule has 92 valence electrons. The number of imidazole rings is 1. The average molecular weight is 236 g/mol. The van der Waals surface area contributed by atoms with Crippen LogP contribution in [0, 0.1) is 0 Å². The molecule has 0 aliphatic heterocycles. The van der Waals surface area contributed by atoms with Crippen molar-refractivity contribution in [1.82, 2.24) is 24.8 Å². The smallest absolute Gasteiger partial charge is 0.162 e. The van der Waals surface area contributed by atoms with Gasteiger partial charge in [-0.15, -0.1) is 0 Å². The zero-order valence-corrected chi connectivity index (χ0v) is 10.1. The monoisotopic (exact) mass is 236 g/mol. The number of methoxy groups -OCH3 is 1. The summed E-state index contributed by atoms with van der Waals surface area (Å²) in [5.41, 5.74) is 4.56. The van der Waals surface area contributed by atoms with Crippen LogP contribution >= 0.6 is 0 Å². The number of nitrogens with two attached hydrogens (primary N) is 1. The van der Waals surface area contributed by atoms with E-state index >= 15 is 0 Å². The van der Waals surface area contributed by atoms with Crippen molar-refractivity contribution in [2.75, 3.05) is 7.11 Å². The van der Waals surface area contributed by atoms with Crippen molar-refractivity contribution in [3.8, 4) is 5.75 Å². The van der Waals surface area contributed by atoms with Gasteiger partial charge in [0.2, 0.25) is 0 Å². The first-order chi connectivity index (χ1) is 8.19. The van der Waals surface area contributed by atoms with Crippen molar-refractivity contribution in [2.45, 2.75) is 6.04 Å². The summed E-state index contributed by atoms with van der Waals surface area (Å²) in [6, 6.07) is -0.218. The second-order valence-corrected chi connectivity index (χ2v) is 3.75. The van der Waals surface area contributed by atoms with Crippen molar-refractivity contribution in [3.63, 3.8) is 0 Å². The molecule has 3 N–H and O–H groups in total. The molecule has 0 aliphatic rings. The van der Waals surface area contributed by atoms with Crippen LogP contribution in [0.3, 0.4) is 0 Å². The van der Waals surface area contributed by atoms with Gasteiger partial charge in [0.05, 0.1) is 31.5 Å². The number of aromatic nitrogens is 4. The average Bonchev–Trinajstić information content (AvgIpc) is 2.89. The fraction of sp³-hybridized carbons (Fsp3) is 0.400. The van der Waals surface area contributed by atoms with Crippen molar-refractivity contribution in [2.24, 2.45) is 19.9 Å². The lowest BCUT2D eigenvalue weighted by Crippen LogP contribution is -2.32. The van der Waals surface area contributed by atoms with Crippen LogP contribution in [-0.4, -0.2) is 26.4 Å². The molecular weight excluding hydrogens is 220 g/mol. The third-order valence-corrected chi connectivity index (χ3v) is 2.76. The van der Waals surface area contributed by atoms with E-state index < -0.39 is 0 Å². The van der Waals surface area contributed by atoms with Gasteiger partial charge in [0, 0.05) is 14.1 Å². The second kappa shape index (κ2) is 4.56. The fourth-order valence-corrected chi connectivity index (χ4v) is 1.86. The first-order valence-electron chi connectivity index (χ1n) is 5.17. The Morgan fingerprint density at radius 2 is 2.18 bits per heavy atom. The maximum absolute atomic E-state index is 5.63. The number of nitrogens with one attached hydrogen (secondary N) is 1. The Kier molecular flexibility index (Phi) is 3.12. The van der Waals surface area contributed by atoms with Gasteiger partial charge in [-0.3, -0.25) is 10.5 Å². The van der Waals surface area contributed by atoms with Gasteiger partial charge in [0.15, 0.2) is 5.75 Å². The minimum atomic E-state index is -0.218. The van der Waals surface area contributed by atoms with Crippen LogP contribution in [0.1, 0.15) is 17.4 Å². The topological polar surface area (TPSA) is 82.9 Å². The number of nitrogens with zero attached hydrogens (tertiary/aromatic N) is 4. The second-order valence-electron chi connectivity index (χ2n) is 3.75. The van der Waals surface area contributed by atoms with E-state index in [-0.39, 0.29) is 6.04 Å². The number of hydrogen-bond acceptors (Lipinski definition) is 5. The van der Waals surface area contributed by atoms with Crippen LogP contribution in [0.5, 0.6) is 5.75 Å². The Labute approximate surface area is 99.2 Å². The normalized spacial score (nSPS) is 12.7. The minimum Gasteiger partial charge on any atom is -0.493 e. The summed E-state index contributed by atoms with van der Waals surface area (Å²) in [5, 5.41) is 4.16. The Balaban J connectivity index is 2.49. The molecule has 0 spiro atoms. The predicted octanol–water partition coefficient (Wildman–Crippen LogP) is -0.285. The van der Waals surface area contributed by atoms with Crippen LogP contribution < -0.4 is 16.0 Å². The molecule has 0 bridgehead atoms. The van der Waals surface area contributed by atoms with Gasteiger partial charge in [-0.1, -0.05) is 0 Å². The molecule has 0 aromatic carbocycles. The van der Waals surface area contributed by atoms with E-state index in [9.17, 15) is 0 Å². The van der Waals surface area contributed by atoms with Crippen molar-refractivity contribution in [1.29, 1.82) is 0 Å². The largest absolute Gasteiger partial charge is 0.493 e. The summed E-state index contributed by atoms with van der Waals surface area (Å²) in [6.45, 7) is 0. The highest BCUT2D eigenvalue weighted by atomic mass is 16.5. The van der Waals surface area contributed by atoms with E-state index in [0.29, 0.717) is 5.75 Å². The number of ether oxygens (including phenoxy) is 1. The van der Waals surface area contributed by atoms with Crippen molar-refractivity contribution < 1.29 is 4.74 Å². The molecule has 7 nitrogen and oxygen atoms in total. The lowest BCUT2D eigenvalue weighted by atomic mass is 10.1. The molecule has 2 rings (SSSR count). The van der Waals surface area contributed by atoms with Crippen molar-refractivity contribution in [3.05, 3.63) is 30.1 Å². The SMILES string of the molecule is COc1cnn(C)c1C(NN)c1cncn1C. The summed E-state index contributed by atoms with van der Waals surface area (Å²) in [6.07, 6.45) is 5.15. The van der Waals surface area contributed by atoms with Gasteiger partial charge in [-0.2, -0.15) is 5.10 Å². The first kappa shape index (κ1) is 11.6. The molecule has 0 amide bonds. The maximum atomic E-state index is 5.63. The highest BCUT2D eigenvalue weighted by molar-refractivity contribution is 5.33. The van der Waals surface area contributed by atoms with Crippen LogP contribution in [-0.2, 0) is 14.1 Å². The third-order valence-electron chi connectivity index (χ3n) is 2.76. The molecule has 2 aromatic heterocycles. The predicted molar refractivity (Wildman–Crippen MR) is 62.1 cm³/mol. The van der Waals surface area contributed by atoms with E-state index in [2.05, 4.69) is 15.5 Å². The molecule has 1 unspecified atom stereocenters. The van der Waals surface area contributed by atoms with Gasteiger partial charge < -0.3 is 9.30 Å². The quantitative estimate of drug-likeness (QED) is 0.563. The molecule has 7 heteroatoms. The Hall–Kier alpha value is -1.86. The molecule has 0 saturated carbocycles. The van der Waals surface area contributed by atoms with Crippen LogP contribution in [0.25, 0.3) is 0 Å². The molecule has 2 aromatic rings. The standard InChI is InChI=1S/C10H16N6O/c1-15-6-12-4-7(15)9(14-11)10-8(17-3)5-13-16(10)2/h4-6,9,14H,11H2,1-3H3. The Morgan fingerprint density at radius 3 is 2.71 bits per heavy atom. The molecule has 0 radical (unpaired) electrons. The van der Waals surface area contributed by atoms with Gasteiger partial charge in [0.1, 0.15) is 11.7 Å². The highest BCUT2D eigenvalue weighted by Crippen LogP contribution is 2.28. The zero-order chi connectivity index (χ0) is 12.4. The van der Waals surface area contributed by atoms with E-state index in [1.165, 1.54) is 0 Å². The molecule has 1 atom stereocenters.